The molecule has 1 atom stereocenters. The fraction of sp³-hybridized carbons (Fsp3) is 0.222. The molecule has 5 heteroatoms. The van der Waals surface area contributed by atoms with Crippen LogP contribution in [0, 0.1) is 0 Å². The lowest BCUT2D eigenvalue weighted by Gasteiger charge is -2.10. The normalized spacial score (nSPS) is 12.5. The fourth-order valence-corrected chi connectivity index (χ4v) is 1.51. The largest absolute Gasteiger partial charge is 0.370 e. The van der Waals surface area contributed by atoms with Gasteiger partial charge in [-0.25, -0.2) is 0 Å². The van der Waals surface area contributed by atoms with Crippen molar-refractivity contribution in [2.75, 3.05) is 0 Å². The molecule has 1 aromatic rings. The number of benzene rings is 1. The highest BCUT2D eigenvalue weighted by molar-refractivity contribution is 9.10. The van der Waals surface area contributed by atoms with Crippen LogP contribution in [0.1, 0.15) is 18.0 Å². The standard InChI is InChI=1S/C9H10BrClN2O/c10-6-2-1-5(3-7(6)11)8(12)4-9(13)14/h1-3,8H,4,12H2,(H2,13,14)/t8-/m0/s1. The van der Waals surface area contributed by atoms with Crippen molar-refractivity contribution in [1.29, 1.82) is 0 Å². The van der Waals surface area contributed by atoms with E-state index in [0.29, 0.717) is 5.02 Å². The van der Waals surface area contributed by atoms with Crippen LogP contribution >= 0.6 is 27.5 Å². The number of primary amides is 1. The Morgan fingerprint density at radius 3 is 2.71 bits per heavy atom. The summed E-state index contributed by atoms with van der Waals surface area (Å²) in [5, 5.41) is 0.572. The molecular formula is C9H10BrClN2O. The van der Waals surface area contributed by atoms with E-state index in [1.54, 1.807) is 12.1 Å². The topological polar surface area (TPSA) is 69.1 Å². The lowest BCUT2D eigenvalue weighted by Crippen LogP contribution is -2.20. The Hall–Kier alpha value is -0.580. The number of hydrogen-bond donors (Lipinski definition) is 2. The van der Waals surface area contributed by atoms with Crippen molar-refractivity contribution in [1.82, 2.24) is 0 Å². The van der Waals surface area contributed by atoms with E-state index >= 15 is 0 Å². The molecule has 0 heterocycles. The van der Waals surface area contributed by atoms with Gasteiger partial charge in [0.05, 0.1) is 5.02 Å². The SMILES string of the molecule is NC(=O)C[C@H](N)c1ccc(Br)c(Cl)c1. The molecular weight excluding hydrogens is 267 g/mol. The Balaban J connectivity index is 2.85. The van der Waals surface area contributed by atoms with Crippen molar-refractivity contribution in [3.63, 3.8) is 0 Å². The molecule has 0 radical (unpaired) electrons. The lowest BCUT2D eigenvalue weighted by molar-refractivity contribution is -0.118. The van der Waals surface area contributed by atoms with E-state index in [1.807, 2.05) is 6.07 Å². The summed E-state index contributed by atoms with van der Waals surface area (Å²) in [4.78, 5) is 10.6. The predicted octanol–water partition coefficient (Wildman–Crippen LogP) is 1.98. The van der Waals surface area contributed by atoms with Gasteiger partial charge in [-0.15, -0.1) is 0 Å². The van der Waals surface area contributed by atoms with Gasteiger partial charge in [0.1, 0.15) is 0 Å². The smallest absolute Gasteiger partial charge is 0.219 e. The van der Waals surface area contributed by atoms with Gasteiger partial charge < -0.3 is 11.5 Å². The quantitative estimate of drug-likeness (QED) is 0.887. The molecule has 14 heavy (non-hydrogen) atoms. The van der Waals surface area contributed by atoms with Gasteiger partial charge in [0.25, 0.3) is 0 Å². The third-order valence-electron chi connectivity index (χ3n) is 1.79. The Kier molecular flexibility index (Phi) is 3.92. The molecule has 0 spiro atoms. The molecule has 0 aliphatic rings. The average molecular weight is 278 g/mol. The highest BCUT2D eigenvalue weighted by atomic mass is 79.9. The minimum absolute atomic E-state index is 0.123. The second-order valence-electron chi connectivity index (χ2n) is 2.95. The van der Waals surface area contributed by atoms with Crippen molar-refractivity contribution >= 4 is 33.4 Å². The lowest BCUT2D eigenvalue weighted by atomic mass is 10.0. The van der Waals surface area contributed by atoms with Gasteiger partial charge in [-0.05, 0) is 33.6 Å². The van der Waals surface area contributed by atoms with Gasteiger partial charge >= 0.3 is 0 Å². The third kappa shape index (κ3) is 2.97. The number of hydrogen-bond acceptors (Lipinski definition) is 2. The van der Waals surface area contributed by atoms with Gasteiger partial charge in [-0.1, -0.05) is 17.7 Å². The van der Waals surface area contributed by atoms with Gasteiger partial charge in [-0.2, -0.15) is 0 Å². The number of carbonyl (C=O) groups excluding carboxylic acids is 1. The second kappa shape index (κ2) is 4.77. The zero-order valence-electron chi connectivity index (χ0n) is 7.34. The van der Waals surface area contributed by atoms with Crippen LogP contribution in [0.4, 0.5) is 0 Å². The first kappa shape index (κ1) is 11.5. The summed E-state index contributed by atoms with van der Waals surface area (Å²) < 4.78 is 0.800. The highest BCUT2D eigenvalue weighted by Crippen LogP contribution is 2.26. The van der Waals surface area contributed by atoms with Crippen molar-refractivity contribution in [3.05, 3.63) is 33.3 Å². The number of amides is 1. The Morgan fingerprint density at radius 2 is 2.21 bits per heavy atom. The zero-order valence-corrected chi connectivity index (χ0v) is 9.68. The molecule has 0 aliphatic heterocycles. The van der Waals surface area contributed by atoms with Gasteiger partial charge in [0.15, 0.2) is 0 Å². The van der Waals surface area contributed by atoms with Crippen LogP contribution in [0.15, 0.2) is 22.7 Å². The maximum Gasteiger partial charge on any atom is 0.219 e. The van der Waals surface area contributed by atoms with Crippen LogP contribution in [-0.2, 0) is 4.79 Å². The van der Waals surface area contributed by atoms with E-state index in [4.69, 9.17) is 23.1 Å². The maximum atomic E-state index is 10.6. The van der Waals surface area contributed by atoms with Crippen LogP contribution in [0.5, 0.6) is 0 Å². The third-order valence-corrected chi connectivity index (χ3v) is 3.03. The molecule has 76 valence electrons. The van der Waals surface area contributed by atoms with E-state index in [2.05, 4.69) is 15.9 Å². The molecule has 3 nitrogen and oxygen atoms in total. The number of halogens is 2. The molecule has 0 aromatic heterocycles. The first-order chi connectivity index (χ1) is 6.50. The molecule has 0 bridgehead atoms. The van der Waals surface area contributed by atoms with Crippen molar-refractivity contribution in [2.24, 2.45) is 11.5 Å². The summed E-state index contributed by atoms with van der Waals surface area (Å²) in [5.41, 5.74) is 11.6. The Bertz CT molecular complexity index is 357. The molecule has 0 aliphatic carbocycles. The van der Waals surface area contributed by atoms with E-state index in [9.17, 15) is 4.79 Å². The highest BCUT2D eigenvalue weighted by Gasteiger charge is 2.10. The maximum absolute atomic E-state index is 10.6. The van der Waals surface area contributed by atoms with Crippen LogP contribution in [-0.4, -0.2) is 5.91 Å². The first-order valence-corrected chi connectivity index (χ1v) is 5.16. The summed E-state index contributed by atoms with van der Waals surface area (Å²) in [5.74, 6) is -0.420. The molecule has 0 fully saturated rings. The summed E-state index contributed by atoms with van der Waals surface area (Å²) in [7, 11) is 0. The van der Waals surface area contributed by atoms with E-state index < -0.39 is 11.9 Å². The minimum atomic E-state index is -0.420. The predicted molar refractivity (Wildman–Crippen MR) is 59.9 cm³/mol. The van der Waals surface area contributed by atoms with Crippen molar-refractivity contribution in [3.8, 4) is 0 Å². The minimum Gasteiger partial charge on any atom is -0.370 e. The van der Waals surface area contributed by atoms with Crippen molar-refractivity contribution < 1.29 is 4.79 Å². The van der Waals surface area contributed by atoms with Crippen LogP contribution < -0.4 is 11.5 Å². The number of rotatable bonds is 3. The Morgan fingerprint density at radius 1 is 1.57 bits per heavy atom. The van der Waals surface area contributed by atoms with Gasteiger partial charge in [-0.3, -0.25) is 4.79 Å². The van der Waals surface area contributed by atoms with Crippen LogP contribution in [0.2, 0.25) is 5.02 Å². The average Bonchev–Trinajstić information content (AvgIpc) is 2.08. The van der Waals surface area contributed by atoms with Crippen LogP contribution in [0.25, 0.3) is 0 Å². The molecule has 1 aromatic carbocycles. The fourth-order valence-electron chi connectivity index (χ4n) is 1.08. The molecule has 0 saturated carbocycles. The molecule has 4 N–H and O–H groups in total. The zero-order chi connectivity index (χ0) is 10.7. The Labute approximate surface area is 95.5 Å². The van der Waals surface area contributed by atoms with Crippen LogP contribution in [0.3, 0.4) is 0 Å². The number of nitrogens with two attached hydrogens (primary N) is 2. The van der Waals surface area contributed by atoms with Crippen molar-refractivity contribution in [2.45, 2.75) is 12.5 Å². The van der Waals surface area contributed by atoms with Gasteiger partial charge in [0, 0.05) is 16.9 Å². The summed E-state index contributed by atoms with van der Waals surface area (Å²) in [6.45, 7) is 0. The first-order valence-electron chi connectivity index (χ1n) is 3.99. The van der Waals surface area contributed by atoms with E-state index in [0.717, 1.165) is 10.0 Å². The molecule has 0 saturated heterocycles. The summed E-state index contributed by atoms with van der Waals surface area (Å²) in [6, 6.07) is 4.93. The van der Waals surface area contributed by atoms with E-state index in [1.165, 1.54) is 0 Å². The summed E-state index contributed by atoms with van der Waals surface area (Å²) >= 11 is 9.14. The number of carbonyl (C=O) groups is 1. The molecule has 0 unspecified atom stereocenters. The monoisotopic (exact) mass is 276 g/mol. The molecule has 1 rings (SSSR count). The van der Waals surface area contributed by atoms with Gasteiger partial charge in [0.2, 0.25) is 5.91 Å². The van der Waals surface area contributed by atoms with E-state index in [-0.39, 0.29) is 6.42 Å². The molecule has 1 amide bonds. The summed E-state index contributed by atoms with van der Waals surface area (Å²) in [6.07, 6.45) is 0.123. The second-order valence-corrected chi connectivity index (χ2v) is 4.21.